The lowest BCUT2D eigenvalue weighted by Crippen LogP contribution is -2.20. The fourth-order valence-electron chi connectivity index (χ4n) is 1.20. The van der Waals surface area contributed by atoms with E-state index in [1.54, 1.807) is 12.1 Å². The van der Waals surface area contributed by atoms with E-state index >= 15 is 0 Å². The van der Waals surface area contributed by atoms with Gasteiger partial charge >= 0.3 is 0 Å². The fourth-order valence-corrected chi connectivity index (χ4v) is 1.31. The zero-order valence-electron chi connectivity index (χ0n) is 9.03. The Hall–Kier alpha value is -1.26. The Bertz CT molecular complexity index is 358. The van der Waals surface area contributed by atoms with E-state index in [2.05, 4.69) is 10.6 Å². The van der Waals surface area contributed by atoms with Gasteiger partial charge in [-0.1, -0.05) is 6.07 Å². The quantitative estimate of drug-likeness (QED) is 0.689. The van der Waals surface area contributed by atoms with Gasteiger partial charge in [-0.25, -0.2) is 0 Å². The molecule has 1 rings (SSSR count). The molecule has 0 aromatic heterocycles. The first kappa shape index (κ1) is 12.8. The first-order valence-corrected chi connectivity index (χ1v) is 5.51. The van der Waals surface area contributed by atoms with Crippen LogP contribution in [-0.2, 0) is 4.79 Å². The van der Waals surface area contributed by atoms with Crippen LogP contribution >= 0.6 is 11.6 Å². The van der Waals surface area contributed by atoms with E-state index < -0.39 is 6.10 Å². The number of nitrogens with one attached hydrogen (secondary N) is 2. The highest BCUT2D eigenvalue weighted by Gasteiger charge is 2.02. The molecule has 4 nitrogen and oxygen atoms in total. The summed E-state index contributed by atoms with van der Waals surface area (Å²) >= 11 is 5.47. The Kier molecular flexibility index (Phi) is 5.08. The van der Waals surface area contributed by atoms with Crippen molar-refractivity contribution in [2.75, 3.05) is 23.1 Å². The number of hydrogen-bond donors (Lipinski definition) is 3. The molecule has 0 aliphatic carbocycles. The standard InChI is InChI=1S/C11H15ClN2O2/c1-8(15)14-10-4-2-3-9(5-10)13-7-11(16)6-12/h2-5,11,13,16H,6-7H2,1H3,(H,14,15). The maximum atomic E-state index is 10.8. The van der Waals surface area contributed by atoms with Crippen molar-refractivity contribution in [3.8, 4) is 0 Å². The Labute approximate surface area is 99.6 Å². The Balaban J connectivity index is 2.56. The van der Waals surface area contributed by atoms with E-state index in [1.807, 2.05) is 12.1 Å². The van der Waals surface area contributed by atoms with Crippen molar-refractivity contribution in [3.05, 3.63) is 24.3 Å². The first-order chi connectivity index (χ1) is 7.61. The van der Waals surface area contributed by atoms with Gasteiger partial charge in [0.25, 0.3) is 0 Å². The maximum Gasteiger partial charge on any atom is 0.221 e. The topological polar surface area (TPSA) is 61.4 Å². The summed E-state index contributed by atoms with van der Waals surface area (Å²) in [6, 6.07) is 7.26. The van der Waals surface area contributed by atoms with Crippen LogP contribution in [-0.4, -0.2) is 29.5 Å². The summed E-state index contributed by atoms with van der Waals surface area (Å²) in [6.07, 6.45) is -0.578. The molecular weight excluding hydrogens is 228 g/mol. The lowest BCUT2D eigenvalue weighted by atomic mass is 10.2. The highest BCUT2D eigenvalue weighted by molar-refractivity contribution is 6.18. The monoisotopic (exact) mass is 242 g/mol. The molecule has 16 heavy (non-hydrogen) atoms. The van der Waals surface area contributed by atoms with Gasteiger partial charge in [0, 0.05) is 24.8 Å². The first-order valence-electron chi connectivity index (χ1n) is 4.97. The summed E-state index contributed by atoms with van der Waals surface area (Å²) in [5.74, 6) is 0.0798. The summed E-state index contributed by atoms with van der Waals surface area (Å²) in [4.78, 5) is 10.8. The molecule has 1 aromatic carbocycles. The molecule has 0 bridgehead atoms. The number of amides is 1. The second-order valence-electron chi connectivity index (χ2n) is 3.45. The highest BCUT2D eigenvalue weighted by atomic mass is 35.5. The van der Waals surface area contributed by atoms with E-state index in [1.165, 1.54) is 6.92 Å². The normalized spacial score (nSPS) is 11.9. The number of benzene rings is 1. The third-order valence-electron chi connectivity index (χ3n) is 1.90. The molecule has 88 valence electrons. The second-order valence-corrected chi connectivity index (χ2v) is 3.76. The predicted octanol–water partition coefficient (Wildman–Crippen LogP) is 1.66. The van der Waals surface area contributed by atoms with Crippen LogP contribution in [0.2, 0.25) is 0 Å². The van der Waals surface area contributed by atoms with Gasteiger partial charge < -0.3 is 15.7 Å². The summed E-state index contributed by atoms with van der Waals surface area (Å²) in [7, 11) is 0. The van der Waals surface area contributed by atoms with Gasteiger partial charge in [-0.15, -0.1) is 11.6 Å². The van der Waals surface area contributed by atoms with E-state index in [0.29, 0.717) is 6.54 Å². The fraction of sp³-hybridized carbons (Fsp3) is 0.364. The number of carbonyl (C=O) groups excluding carboxylic acids is 1. The number of aliphatic hydroxyl groups excluding tert-OH is 1. The summed E-state index contributed by atoms with van der Waals surface area (Å²) in [6.45, 7) is 1.84. The minimum Gasteiger partial charge on any atom is -0.390 e. The number of rotatable bonds is 5. The van der Waals surface area contributed by atoms with Gasteiger partial charge in [0.05, 0.1) is 12.0 Å². The maximum absolute atomic E-state index is 10.8. The van der Waals surface area contributed by atoms with Gasteiger partial charge in [-0.3, -0.25) is 4.79 Å². The van der Waals surface area contributed by atoms with Crippen molar-refractivity contribution in [2.24, 2.45) is 0 Å². The van der Waals surface area contributed by atoms with Crippen LogP contribution in [0.5, 0.6) is 0 Å². The van der Waals surface area contributed by atoms with E-state index in [4.69, 9.17) is 11.6 Å². The van der Waals surface area contributed by atoms with Crippen LogP contribution in [0, 0.1) is 0 Å². The predicted molar refractivity (Wildman–Crippen MR) is 66.0 cm³/mol. The zero-order valence-corrected chi connectivity index (χ0v) is 9.79. The van der Waals surface area contributed by atoms with Crippen LogP contribution in [0.15, 0.2) is 24.3 Å². The molecule has 0 aliphatic heterocycles. The SMILES string of the molecule is CC(=O)Nc1cccc(NCC(O)CCl)c1. The molecular formula is C11H15ClN2O2. The average Bonchev–Trinajstić information content (AvgIpc) is 2.25. The molecule has 0 aliphatic rings. The Morgan fingerprint density at radius 3 is 2.81 bits per heavy atom. The summed E-state index contributed by atoms with van der Waals surface area (Å²) < 4.78 is 0. The van der Waals surface area contributed by atoms with Crippen molar-refractivity contribution in [2.45, 2.75) is 13.0 Å². The molecule has 1 unspecified atom stereocenters. The minimum absolute atomic E-state index is 0.113. The average molecular weight is 243 g/mol. The molecule has 1 aromatic rings. The van der Waals surface area contributed by atoms with E-state index in [9.17, 15) is 9.90 Å². The molecule has 1 atom stereocenters. The van der Waals surface area contributed by atoms with Gasteiger partial charge in [-0.05, 0) is 18.2 Å². The van der Waals surface area contributed by atoms with Crippen LogP contribution in [0.4, 0.5) is 11.4 Å². The van der Waals surface area contributed by atoms with Crippen LogP contribution in [0.3, 0.4) is 0 Å². The molecule has 0 fully saturated rings. The summed E-state index contributed by atoms with van der Waals surface area (Å²) in [5, 5.41) is 15.0. The molecule has 0 saturated heterocycles. The Morgan fingerprint density at radius 2 is 2.19 bits per heavy atom. The van der Waals surface area contributed by atoms with Gasteiger partial charge in [-0.2, -0.15) is 0 Å². The van der Waals surface area contributed by atoms with Crippen molar-refractivity contribution in [3.63, 3.8) is 0 Å². The third-order valence-corrected chi connectivity index (χ3v) is 2.26. The molecule has 0 radical (unpaired) electrons. The zero-order chi connectivity index (χ0) is 12.0. The number of halogens is 1. The number of aliphatic hydroxyl groups is 1. The molecule has 5 heteroatoms. The minimum atomic E-state index is -0.578. The van der Waals surface area contributed by atoms with Gasteiger partial charge in [0.2, 0.25) is 5.91 Å². The second kappa shape index (κ2) is 6.35. The smallest absolute Gasteiger partial charge is 0.221 e. The highest BCUT2D eigenvalue weighted by Crippen LogP contribution is 2.14. The third kappa shape index (κ3) is 4.51. The molecule has 0 heterocycles. The van der Waals surface area contributed by atoms with Crippen LogP contribution < -0.4 is 10.6 Å². The van der Waals surface area contributed by atoms with Crippen LogP contribution in [0.1, 0.15) is 6.92 Å². The van der Waals surface area contributed by atoms with Crippen molar-refractivity contribution in [1.29, 1.82) is 0 Å². The van der Waals surface area contributed by atoms with E-state index in [0.717, 1.165) is 11.4 Å². The van der Waals surface area contributed by atoms with E-state index in [-0.39, 0.29) is 11.8 Å². The lowest BCUT2D eigenvalue weighted by molar-refractivity contribution is -0.114. The number of carbonyl (C=O) groups is 1. The molecule has 0 spiro atoms. The van der Waals surface area contributed by atoms with Gasteiger partial charge in [0.15, 0.2) is 0 Å². The number of alkyl halides is 1. The van der Waals surface area contributed by atoms with Crippen molar-refractivity contribution < 1.29 is 9.90 Å². The van der Waals surface area contributed by atoms with Gasteiger partial charge in [0.1, 0.15) is 0 Å². The lowest BCUT2D eigenvalue weighted by Gasteiger charge is -2.11. The molecule has 0 saturated carbocycles. The molecule has 3 N–H and O–H groups in total. The number of anilines is 2. The van der Waals surface area contributed by atoms with Crippen molar-refractivity contribution in [1.82, 2.24) is 0 Å². The number of hydrogen-bond acceptors (Lipinski definition) is 3. The summed E-state index contributed by atoms with van der Waals surface area (Å²) in [5.41, 5.74) is 1.55. The van der Waals surface area contributed by atoms with Crippen molar-refractivity contribution >= 4 is 28.9 Å². The molecule has 1 amide bonds. The largest absolute Gasteiger partial charge is 0.390 e. The van der Waals surface area contributed by atoms with Crippen LogP contribution in [0.25, 0.3) is 0 Å². The Morgan fingerprint density at radius 1 is 1.50 bits per heavy atom.